The molecule has 2 heterocycles. The van der Waals surface area contributed by atoms with E-state index in [4.69, 9.17) is 18.6 Å². The molecule has 1 fully saturated rings. The second kappa shape index (κ2) is 13.8. The molecular formula is C31H38N2O9. The summed E-state index contributed by atoms with van der Waals surface area (Å²) in [5.74, 6) is -0.919. The molecule has 1 saturated carbocycles. The summed E-state index contributed by atoms with van der Waals surface area (Å²) in [6.07, 6.45) is 6.82. The van der Waals surface area contributed by atoms with Gasteiger partial charge < -0.3 is 18.6 Å². The topological polar surface area (TPSA) is 147 Å². The molecule has 0 radical (unpaired) electrons. The van der Waals surface area contributed by atoms with Crippen LogP contribution in [-0.2, 0) is 20.7 Å². The fraction of sp³-hybridized carbons (Fsp3) is 0.516. The van der Waals surface area contributed by atoms with Gasteiger partial charge in [0, 0.05) is 19.6 Å². The van der Waals surface area contributed by atoms with Crippen molar-refractivity contribution in [3.63, 3.8) is 0 Å². The molecule has 0 spiro atoms. The molecule has 1 aromatic carbocycles. The van der Waals surface area contributed by atoms with Gasteiger partial charge in [0.2, 0.25) is 5.71 Å². The van der Waals surface area contributed by atoms with Crippen LogP contribution in [0.25, 0.3) is 11.1 Å². The van der Waals surface area contributed by atoms with Crippen molar-refractivity contribution in [3.05, 3.63) is 72.7 Å². The maximum atomic E-state index is 13.4. The quantitative estimate of drug-likeness (QED) is 0.154. The number of aryl methyl sites for hydroxylation is 1. The van der Waals surface area contributed by atoms with Crippen molar-refractivity contribution in [1.29, 1.82) is 0 Å². The van der Waals surface area contributed by atoms with E-state index in [2.05, 4.69) is 11.9 Å². The zero-order valence-corrected chi connectivity index (χ0v) is 24.4. The molecule has 1 unspecified atom stereocenters. The predicted molar refractivity (Wildman–Crippen MR) is 155 cm³/mol. The van der Waals surface area contributed by atoms with Crippen LogP contribution in [0.15, 0.2) is 49.1 Å². The lowest BCUT2D eigenvalue weighted by molar-refractivity contribution is -0.131. The number of nitrogens with one attached hydrogen (secondary N) is 1. The number of carbonyl (C=O) groups is 2. The number of aromatic amines is 1. The lowest BCUT2D eigenvalue weighted by Crippen LogP contribution is -2.38. The number of esters is 2. The number of aromatic nitrogens is 2. The van der Waals surface area contributed by atoms with Crippen LogP contribution in [-0.4, -0.2) is 34.7 Å². The van der Waals surface area contributed by atoms with Gasteiger partial charge in [-0.3, -0.25) is 14.6 Å². The summed E-state index contributed by atoms with van der Waals surface area (Å²) in [4.78, 5) is 64.3. The molecule has 0 bridgehead atoms. The molecule has 1 N–H and O–H groups in total. The third-order valence-corrected chi connectivity index (χ3v) is 7.60. The van der Waals surface area contributed by atoms with Gasteiger partial charge in [-0.1, -0.05) is 25.5 Å². The molecule has 42 heavy (non-hydrogen) atoms. The fourth-order valence-electron chi connectivity index (χ4n) is 4.94. The number of H-pyrrole nitrogens is 1. The van der Waals surface area contributed by atoms with Gasteiger partial charge in [-0.25, -0.2) is 19.0 Å². The molecule has 3 aromatic rings. The van der Waals surface area contributed by atoms with E-state index in [9.17, 15) is 24.0 Å². The molecule has 226 valence electrons. The number of hydrogen-bond donors (Lipinski definition) is 1. The van der Waals surface area contributed by atoms with Crippen molar-refractivity contribution >= 4 is 23.0 Å². The smallest absolute Gasteiger partial charge is 0.341 e. The van der Waals surface area contributed by atoms with Gasteiger partial charge in [-0.2, -0.15) is 0 Å². The van der Waals surface area contributed by atoms with Crippen LogP contribution in [0.1, 0.15) is 94.3 Å². The Bertz CT molecular complexity index is 1600. The Hall–Kier alpha value is -3.99. The molecule has 1 aliphatic rings. The molecule has 0 aliphatic heterocycles. The first-order valence-electron chi connectivity index (χ1n) is 14.5. The van der Waals surface area contributed by atoms with Crippen molar-refractivity contribution in [2.45, 2.75) is 84.8 Å². The Balaban J connectivity index is 1.25. The summed E-state index contributed by atoms with van der Waals surface area (Å²) in [6.45, 7) is 5.65. The van der Waals surface area contributed by atoms with Gasteiger partial charge in [0.05, 0.1) is 6.61 Å². The molecule has 4 rings (SSSR count). The Morgan fingerprint density at radius 3 is 2.48 bits per heavy atom. The Labute approximate surface area is 242 Å². The van der Waals surface area contributed by atoms with Crippen molar-refractivity contribution < 1.29 is 28.2 Å². The number of nitrogens with zero attached hydrogens (tertiary/aromatic N) is 1. The average molecular weight is 583 g/mol. The van der Waals surface area contributed by atoms with Crippen molar-refractivity contribution in [1.82, 2.24) is 9.55 Å². The Morgan fingerprint density at radius 2 is 1.76 bits per heavy atom. The minimum absolute atomic E-state index is 0.107. The third kappa shape index (κ3) is 8.06. The Kier molecular flexibility index (Phi) is 10.2. The second-order valence-corrected chi connectivity index (χ2v) is 11.2. The second-order valence-electron chi connectivity index (χ2n) is 11.2. The van der Waals surface area contributed by atoms with E-state index in [1.165, 1.54) is 38.0 Å². The molecular weight excluding hydrogens is 544 g/mol. The van der Waals surface area contributed by atoms with Crippen molar-refractivity contribution in [2.24, 2.45) is 5.41 Å². The first-order chi connectivity index (χ1) is 20.1. The predicted octanol–water partition coefficient (Wildman–Crippen LogP) is 4.64. The van der Waals surface area contributed by atoms with Gasteiger partial charge in [-0.15, -0.1) is 0 Å². The highest BCUT2D eigenvalue weighted by Crippen LogP contribution is 2.49. The summed E-state index contributed by atoms with van der Waals surface area (Å²) < 4.78 is 22.3. The SMILES string of the molecule is CC(=O)Oc1ccccc1C(=O)OCCCCCCOC(C)n1c(=O)[nH]c2oc(=O)cc(CCCC3(C)CC3)c2c1=O. The highest BCUT2D eigenvalue weighted by atomic mass is 16.5. The highest BCUT2D eigenvalue weighted by molar-refractivity contribution is 5.93. The number of carbonyl (C=O) groups excluding carboxylic acids is 2. The van der Waals surface area contributed by atoms with E-state index in [1.54, 1.807) is 19.1 Å². The van der Waals surface area contributed by atoms with Crippen LogP contribution >= 0.6 is 0 Å². The fourth-order valence-corrected chi connectivity index (χ4v) is 4.94. The van der Waals surface area contributed by atoms with Crippen LogP contribution in [0, 0.1) is 5.41 Å². The minimum Gasteiger partial charge on any atom is -0.462 e. The zero-order valence-electron chi connectivity index (χ0n) is 24.4. The largest absolute Gasteiger partial charge is 0.462 e. The minimum atomic E-state index is -0.825. The Morgan fingerprint density at radius 1 is 1.05 bits per heavy atom. The molecule has 0 amide bonds. The van der Waals surface area contributed by atoms with Crippen LogP contribution in [0.2, 0.25) is 0 Å². The molecule has 1 aliphatic carbocycles. The van der Waals surface area contributed by atoms with Gasteiger partial charge in [0.25, 0.3) is 5.56 Å². The first kappa shape index (κ1) is 31.0. The van der Waals surface area contributed by atoms with Crippen LogP contribution in [0.4, 0.5) is 0 Å². The summed E-state index contributed by atoms with van der Waals surface area (Å²) in [5.41, 5.74) is -0.843. The van der Waals surface area contributed by atoms with E-state index >= 15 is 0 Å². The van der Waals surface area contributed by atoms with E-state index < -0.39 is 35.0 Å². The average Bonchev–Trinajstić information content (AvgIpc) is 3.66. The third-order valence-electron chi connectivity index (χ3n) is 7.60. The van der Waals surface area contributed by atoms with Crippen molar-refractivity contribution in [3.8, 4) is 5.75 Å². The standard InChI is InChI=1S/C31H38N2O9/c1-20(39-17-8-4-5-9-18-40-29(37)23-12-6-7-13-24(23)41-21(2)34)33-28(36)26-22(11-10-14-31(3)15-16-31)19-25(35)42-27(26)32-30(33)38/h6-7,12-13,19-20H,4-5,8-11,14-18H2,1-3H3,(H,32,38). The maximum Gasteiger partial charge on any atom is 0.341 e. The number of fused-ring (bicyclic) bond motifs is 1. The van der Waals surface area contributed by atoms with Crippen LogP contribution in [0.3, 0.4) is 0 Å². The van der Waals surface area contributed by atoms with Gasteiger partial charge in [0.1, 0.15) is 22.9 Å². The lowest BCUT2D eigenvalue weighted by atomic mass is 9.98. The van der Waals surface area contributed by atoms with Crippen LogP contribution < -0.4 is 21.6 Å². The molecule has 0 saturated heterocycles. The first-order valence-corrected chi connectivity index (χ1v) is 14.5. The summed E-state index contributed by atoms with van der Waals surface area (Å²) in [6, 6.07) is 7.74. The van der Waals surface area contributed by atoms with E-state index in [0.29, 0.717) is 36.8 Å². The maximum absolute atomic E-state index is 13.4. The summed E-state index contributed by atoms with van der Waals surface area (Å²) in [5, 5.41) is 0.204. The van der Waals surface area contributed by atoms with Gasteiger partial charge >= 0.3 is 23.3 Å². The number of unbranched alkanes of at least 4 members (excludes halogenated alkanes) is 3. The van der Waals surface area contributed by atoms with E-state index in [0.717, 1.165) is 30.3 Å². The monoisotopic (exact) mass is 582 g/mol. The highest BCUT2D eigenvalue weighted by Gasteiger charge is 2.36. The number of para-hydroxylation sites is 1. The van der Waals surface area contributed by atoms with Gasteiger partial charge in [0.15, 0.2) is 0 Å². The number of benzene rings is 1. The van der Waals surface area contributed by atoms with Gasteiger partial charge in [-0.05, 0) is 81.4 Å². The number of hydrogen-bond acceptors (Lipinski definition) is 9. The summed E-state index contributed by atoms with van der Waals surface area (Å²) >= 11 is 0. The zero-order chi connectivity index (χ0) is 30.3. The molecule has 1 atom stereocenters. The normalized spacial score (nSPS) is 14.5. The molecule has 11 heteroatoms. The van der Waals surface area contributed by atoms with Crippen molar-refractivity contribution in [2.75, 3.05) is 13.2 Å². The van der Waals surface area contributed by atoms with E-state index in [1.807, 2.05) is 0 Å². The molecule has 11 nitrogen and oxygen atoms in total. The van der Waals surface area contributed by atoms with E-state index in [-0.39, 0.29) is 29.0 Å². The number of rotatable bonds is 15. The summed E-state index contributed by atoms with van der Waals surface area (Å²) in [7, 11) is 0. The lowest BCUT2D eigenvalue weighted by Gasteiger charge is -2.16. The molecule has 2 aromatic heterocycles. The van der Waals surface area contributed by atoms with Crippen LogP contribution in [0.5, 0.6) is 5.75 Å². The number of ether oxygens (including phenoxy) is 3.